The van der Waals surface area contributed by atoms with Crippen molar-refractivity contribution in [2.45, 2.75) is 154 Å². The highest BCUT2D eigenvalue weighted by molar-refractivity contribution is 5.97. The van der Waals surface area contributed by atoms with Crippen LogP contribution in [0.4, 0.5) is 0 Å². The number of amides is 8. The summed E-state index contributed by atoms with van der Waals surface area (Å²) in [7, 11) is 0. The highest BCUT2D eigenvalue weighted by Gasteiger charge is 2.35. The van der Waals surface area contributed by atoms with E-state index in [4.69, 9.17) is 17.2 Å². The van der Waals surface area contributed by atoms with Gasteiger partial charge in [0.1, 0.15) is 48.3 Å². The van der Waals surface area contributed by atoms with Crippen molar-refractivity contribution in [1.82, 2.24) is 42.5 Å². The number of aliphatic hydroxyl groups excluding tert-OH is 2. The fourth-order valence-corrected chi connectivity index (χ4v) is 6.63. The standard InChI is InChI=1S/C45H74N12O14/c1-8-23(4)35(44(70)71)57-43(69)36(26(7)59)56-32(60)21-50-38(64)29(16-17-33(61)62)53-39(65)28(15-12-18-49-45(47)48)52-41(67)31(20-27-13-10-9-11-14-27)54-37(63)24(5)51-40(66)30(19-22(2)3)55-42(68)34(46)25(6)58/h9-11,13-14,22-26,28-31,34-36,58-59H,8,12,15-21,46H2,1-7H3,(H,50,64)(H,51,66)(H,52,67)(H,53,65)(H,54,63)(H,55,68)(H,56,60)(H,57,69)(H,61,62)(H,70,71)(H4,47,48,49)/t23-,24-,25+,26+,28-,29-,30-,31-,34-,35-,36-/m0/s1. The van der Waals surface area contributed by atoms with Crippen LogP contribution in [-0.2, 0) is 54.4 Å². The Morgan fingerprint density at radius 2 is 1.17 bits per heavy atom. The van der Waals surface area contributed by atoms with E-state index in [1.807, 2.05) is 0 Å². The maximum Gasteiger partial charge on any atom is 0.326 e. The van der Waals surface area contributed by atoms with Gasteiger partial charge in [-0.1, -0.05) is 64.4 Å². The number of nitrogens with two attached hydrogens (primary N) is 3. The Morgan fingerprint density at radius 1 is 0.620 bits per heavy atom. The van der Waals surface area contributed by atoms with Crippen molar-refractivity contribution in [1.29, 1.82) is 0 Å². The number of carboxylic acids is 2. The second-order valence-corrected chi connectivity index (χ2v) is 17.7. The molecule has 18 N–H and O–H groups in total. The van der Waals surface area contributed by atoms with Crippen molar-refractivity contribution >= 4 is 65.2 Å². The molecule has 0 bridgehead atoms. The summed E-state index contributed by atoms with van der Waals surface area (Å²) in [6.45, 7) is 9.80. The van der Waals surface area contributed by atoms with Gasteiger partial charge in [0.2, 0.25) is 47.3 Å². The maximum atomic E-state index is 14.2. The fraction of sp³-hybridized carbons (Fsp3) is 0.622. The number of aliphatic hydroxyl groups is 2. The first-order valence-electron chi connectivity index (χ1n) is 23.2. The van der Waals surface area contributed by atoms with Crippen LogP contribution in [0.2, 0.25) is 0 Å². The number of guanidine groups is 1. The molecule has 26 nitrogen and oxygen atoms in total. The van der Waals surface area contributed by atoms with Crippen LogP contribution in [0.15, 0.2) is 35.3 Å². The first kappa shape index (κ1) is 62.1. The zero-order valence-electron chi connectivity index (χ0n) is 41.2. The second kappa shape index (κ2) is 31.3. The van der Waals surface area contributed by atoms with Crippen molar-refractivity contribution in [3.05, 3.63) is 35.9 Å². The molecule has 1 rings (SSSR count). The average Bonchev–Trinajstić information content (AvgIpc) is 3.29. The fourth-order valence-electron chi connectivity index (χ4n) is 6.63. The van der Waals surface area contributed by atoms with Gasteiger partial charge in [0.25, 0.3) is 0 Å². The largest absolute Gasteiger partial charge is 0.481 e. The molecule has 0 aromatic heterocycles. The summed E-state index contributed by atoms with van der Waals surface area (Å²) >= 11 is 0. The van der Waals surface area contributed by atoms with Crippen molar-refractivity contribution in [2.24, 2.45) is 34.0 Å². The third-order valence-corrected chi connectivity index (χ3v) is 11.0. The van der Waals surface area contributed by atoms with E-state index in [0.29, 0.717) is 12.0 Å². The molecule has 0 unspecified atom stereocenters. The van der Waals surface area contributed by atoms with E-state index in [-0.39, 0.29) is 44.1 Å². The van der Waals surface area contributed by atoms with E-state index in [0.717, 1.165) is 6.92 Å². The molecule has 0 heterocycles. The molecule has 11 atom stereocenters. The van der Waals surface area contributed by atoms with Crippen molar-refractivity contribution < 1.29 is 68.4 Å². The zero-order chi connectivity index (χ0) is 54.1. The molecule has 0 saturated carbocycles. The molecule has 0 fully saturated rings. The Balaban J connectivity index is 3.41. The van der Waals surface area contributed by atoms with Gasteiger partial charge < -0.3 is 80.2 Å². The van der Waals surface area contributed by atoms with Crippen molar-refractivity contribution in [3.8, 4) is 0 Å². The van der Waals surface area contributed by atoms with Crippen LogP contribution in [0.3, 0.4) is 0 Å². The van der Waals surface area contributed by atoms with Gasteiger partial charge in [-0.05, 0) is 63.9 Å². The van der Waals surface area contributed by atoms with Crippen molar-refractivity contribution in [2.75, 3.05) is 13.1 Å². The number of carboxylic acid groups (broad SMARTS) is 2. The topological polar surface area (TPSA) is 438 Å². The summed E-state index contributed by atoms with van der Waals surface area (Å²) in [6, 6.07) is -2.91. The lowest BCUT2D eigenvalue weighted by molar-refractivity contribution is -0.144. The molecule has 398 valence electrons. The summed E-state index contributed by atoms with van der Waals surface area (Å²) in [5.41, 5.74) is 17.2. The van der Waals surface area contributed by atoms with Gasteiger partial charge in [-0.15, -0.1) is 0 Å². The summed E-state index contributed by atoms with van der Waals surface area (Å²) in [5, 5.41) is 58.4. The number of aliphatic carboxylic acids is 2. The van der Waals surface area contributed by atoms with E-state index in [1.54, 1.807) is 58.0 Å². The van der Waals surface area contributed by atoms with Crippen LogP contribution < -0.4 is 59.7 Å². The molecule has 1 aromatic carbocycles. The number of carbonyl (C=O) groups is 10. The molecule has 0 saturated heterocycles. The molecule has 0 aliphatic carbocycles. The van der Waals surface area contributed by atoms with Crippen LogP contribution in [0.5, 0.6) is 0 Å². The highest BCUT2D eigenvalue weighted by atomic mass is 16.4. The predicted octanol–water partition coefficient (Wildman–Crippen LogP) is -4.06. The molecular weight excluding hydrogens is 933 g/mol. The lowest BCUT2D eigenvalue weighted by atomic mass is 9.98. The van der Waals surface area contributed by atoms with Gasteiger partial charge in [-0.25, -0.2) is 4.79 Å². The molecule has 0 spiro atoms. The summed E-state index contributed by atoms with van der Waals surface area (Å²) in [5.74, 6) is -11.0. The first-order valence-corrected chi connectivity index (χ1v) is 23.2. The smallest absolute Gasteiger partial charge is 0.326 e. The molecule has 8 amide bonds. The molecule has 0 aliphatic rings. The molecule has 1 aromatic rings. The average molecular weight is 1010 g/mol. The Labute approximate surface area is 412 Å². The molecule has 71 heavy (non-hydrogen) atoms. The number of hydrogen-bond acceptors (Lipinski definition) is 14. The number of hydrogen-bond donors (Lipinski definition) is 15. The Hall–Kier alpha value is -6.93. The van der Waals surface area contributed by atoms with Gasteiger partial charge in [-0.3, -0.25) is 48.1 Å². The summed E-state index contributed by atoms with van der Waals surface area (Å²) in [6.07, 6.45) is -3.64. The van der Waals surface area contributed by atoms with E-state index in [9.17, 15) is 68.4 Å². The van der Waals surface area contributed by atoms with Crippen LogP contribution in [0.25, 0.3) is 0 Å². The van der Waals surface area contributed by atoms with E-state index in [1.165, 1.54) is 13.8 Å². The van der Waals surface area contributed by atoms with E-state index >= 15 is 0 Å². The number of aliphatic imine (C=N–C) groups is 1. The Morgan fingerprint density at radius 3 is 1.69 bits per heavy atom. The van der Waals surface area contributed by atoms with Crippen LogP contribution in [-0.4, -0.2) is 159 Å². The van der Waals surface area contributed by atoms with Gasteiger partial charge in [0, 0.05) is 19.4 Å². The number of benzene rings is 1. The summed E-state index contributed by atoms with van der Waals surface area (Å²) < 4.78 is 0. The third kappa shape index (κ3) is 23.5. The molecule has 0 radical (unpaired) electrons. The monoisotopic (exact) mass is 1010 g/mol. The SMILES string of the molecule is CC[C@H](C)[C@H](NC(=O)[C@@H](NC(=O)CNC(=O)[C@H](CCC(=O)O)NC(=O)[C@H](CCCN=C(N)N)NC(=O)[C@H](Cc1ccccc1)NC(=O)[C@H](C)NC(=O)[C@H](CC(C)C)NC(=O)[C@@H](N)[C@@H](C)O)[C@@H](C)O)C(=O)O. The number of carbonyl (C=O) groups excluding carboxylic acids is 8. The number of rotatable bonds is 32. The van der Waals surface area contributed by atoms with Crippen LogP contribution in [0, 0.1) is 11.8 Å². The van der Waals surface area contributed by atoms with E-state index in [2.05, 4.69) is 47.5 Å². The predicted molar refractivity (Wildman–Crippen MR) is 257 cm³/mol. The Kier molecular flexibility index (Phi) is 27.4. The van der Waals surface area contributed by atoms with Crippen molar-refractivity contribution in [3.63, 3.8) is 0 Å². The summed E-state index contributed by atoms with van der Waals surface area (Å²) in [4.78, 5) is 135. The quantitative estimate of drug-likeness (QED) is 0.0186. The van der Waals surface area contributed by atoms with Gasteiger partial charge >= 0.3 is 11.9 Å². The molecule has 0 aliphatic heterocycles. The maximum absolute atomic E-state index is 14.2. The van der Waals surface area contributed by atoms with Crippen LogP contribution in [0.1, 0.15) is 92.6 Å². The third-order valence-electron chi connectivity index (χ3n) is 11.0. The van der Waals surface area contributed by atoms with Gasteiger partial charge in [0.05, 0.1) is 18.8 Å². The minimum Gasteiger partial charge on any atom is -0.481 e. The Bertz CT molecular complexity index is 2000. The molecular formula is C45H74N12O14. The minimum atomic E-state index is -1.66. The zero-order valence-corrected chi connectivity index (χ0v) is 41.2. The van der Waals surface area contributed by atoms with E-state index < -0.39 is 145 Å². The lowest BCUT2D eigenvalue weighted by Crippen LogP contribution is -2.60. The second-order valence-electron chi connectivity index (χ2n) is 17.7. The van der Waals surface area contributed by atoms with Gasteiger partial charge in [0.15, 0.2) is 5.96 Å². The van der Waals surface area contributed by atoms with Crippen LogP contribution >= 0.6 is 0 Å². The molecule has 26 heteroatoms. The highest BCUT2D eigenvalue weighted by Crippen LogP contribution is 2.11. The minimum absolute atomic E-state index is 0.0231. The normalized spacial score (nSPS) is 15.7. The van der Waals surface area contributed by atoms with Gasteiger partial charge in [-0.2, -0.15) is 0 Å². The lowest BCUT2D eigenvalue weighted by Gasteiger charge is -2.27. The number of nitrogens with zero attached hydrogens (tertiary/aromatic N) is 1. The first-order chi connectivity index (χ1) is 33.2. The number of nitrogens with one attached hydrogen (secondary N) is 8.